The van der Waals surface area contributed by atoms with Gasteiger partial charge in [-0.1, -0.05) is 17.3 Å². The van der Waals surface area contributed by atoms with Crippen LogP contribution in [0.2, 0.25) is 0 Å². The summed E-state index contributed by atoms with van der Waals surface area (Å²) in [5.74, 6) is 2.88. The number of benzene rings is 1. The van der Waals surface area contributed by atoms with E-state index in [2.05, 4.69) is 15.5 Å². The van der Waals surface area contributed by atoms with Crippen molar-refractivity contribution in [3.63, 3.8) is 0 Å². The molecule has 1 fully saturated rings. The van der Waals surface area contributed by atoms with Gasteiger partial charge in [-0.15, -0.1) is 0 Å². The average molecular weight is 273 g/mol. The SMILES string of the molecule is COc1cccc(-c2noc(CCC3CCNC3)n2)c1. The lowest BCUT2D eigenvalue weighted by molar-refractivity contribution is 0.365. The highest BCUT2D eigenvalue weighted by molar-refractivity contribution is 5.56. The molecule has 106 valence electrons. The van der Waals surface area contributed by atoms with Crippen molar-refractivity contribution in [3.8, 4) is 17.1 Å². The van der Waals surface area contributed by atoms with Gasteiger partial charge in [0.05, 0.1) is 7.11 Å². The lowest BCUT2D eigenvalue weighted by atomic mass is 10.0. The molecule has 0 radical (unpaired) electrons. The molecule has 0 bridgehead atoms. The molecular formula is C15H19N3O2. The zero-order valence-electron chi connectivity index (χ0n) is 11.6. The van der Waals surface area contributed by atoms with Gasteiger partial charge in [0, 0.05) is 12.0 Å². The molecule has 1 aliphatic heterocycles. The van der Waals surface area contributed by atoms with Gasteiger partial charge in [0.2, 0.25) is 11.7 Å². The van der Waals surface area contributed by atoms with Crippen LogP contribution in [0, 0.1) is 5.92 Å². The highest BCUT2D eigenvalue weighted by Gasteiger charge is 2.16. The number of ether oxygens (including phenoxy) is 1. The fraction of sp³-hybridized carbons (Fsp3) is 0.467. The Bertz CT molecular complexity index is 562. The molecule has 1 saturated heterocycles. The number of nitrogens with one attached hydrogen (secondary N) is 1. The molecule has 0 saturated carbocycles. The van der Waals surface area contributed by atoms with Gasteiger partial charge in [-0.2, -0.15) is 4.98 Å². The van der Waals surface area contributed by atoms with Crippen molar-refractivity contribution >= 4 is 0 Å². The van der Waals surface area contributed by atoms with E-state index in [4.69, 9.17) is 9.26 Å². The van der Waals surface area contributed by atoms with E-state index in [9.17, 15) is 0 Å². The van der Waals surface area contributed by atoms with Gasteiger partial charge in [0.25, 0.3) is 0 Å². The van der Waals surface area contributed by atoms with E-state index < -0.39 is 0 Å². The minimum atomic E-state index is 0.628. The standard InChI is InChI=1S/C15H19N3O2/c1-19-13-4-2-3-12(9-13)15-17-14(20-18-15)6-5-11-7-8-16-10-11/h2-4,9,11,16H,5-8,10H2,1H3. The summed E-state index contributed by atoms with van der Waals surface area (Å²) in [5.41, 5.74) is 0.918. The smallest absolute Gasteiger partial charge is 0.226 e. The topological polar surface area (TPSA) is 60.2 Å². The Morgan fingerprint density at radius 2 is 2.40 bits per heavy atom. The van der Waals surface area contributed by atoms with Crippen LogP contribution >= 0.6 is 0 Å². The molecule has 0 amide bonds. The van der Waals surface area contributed by atoms with Crippen LogP contribution in [0.25, 0.3) is 11.4 Å². The summed E-state index contributed by atoms with van der Waals surface area (Å²) in [6, 6.07) is 7.69. The maximum Gasteiger partial charge on any atom is 0.226 e. The van der Waals surface area contributed by atoms with E-state index in [1.54, 1.807) is 7.11 Å². The van der Waals surface area contributed by atoms with E-state index in [0.29, 0.717) is 5.82 Å². The predicted molar refractivity (Wildman–Crippen MR) is 75.6 cm³/mol. The van der Waals surface area contributed by atoms with Gasteiger partial charge >= 0.3 is 0 Å². The zero-order valence-corrected chi connectivity index (χ0v) is 11.6. The van der Waals surface area contributed by atoms with Crippen molar-refractivity contribution in [1.82, 2.24) is 15.5 Å². The molecule has 1 aromatic heterocycles. The largest absolute Gasteiger partial charge is 0.497 e. The molecule has 5 heteroatoms. The molecule has 0 spiro atoms. The Morgan fingerprint density at radius 3 is 3.20 bits per heavy atom. The summed E-state index contributed by atoms with van der Waals surface area (Å²) in [6.07, 6.45) is 3.20. The fourth-order valence-electron chi connectivity index (χ4n) is 2.52. The molecule has 5 nitrogen and oxygen atoms in total. The second-order valence-electron chi connectivity index (χ2n) is 5.14. The highest BCUT2D eigenvalue weighted by atomic mass is 16.5. The van der Waals surface area contributed by atoms with E-state index in [1.165, 1.54) is 6.42 Å². The van der Waals surface area contributed by atoms with Crippen LogP contribution in [0.1, 0.15) is 18.7 Å². The average Bonchev–Trinajstić information content (AvgIpc) is 3.16. The van der Waals surface area contributed by atoms with Gasteiger partial charge in [-0.25, -0.2) is 0 Å². The van der Waals surface area contributed by atoms with Crippen LogP contribution in [0.3, 0.4) is 0 Å². The highest BCUT2D eigenvalue weighted by Crippen LogP contribution is 2.22. The zero-order chi connectivity index (χ0) is 13.8. The number of hydrogen-bond acceptors (Lipinski definition) is 5. The Morgan fingerprint density at radius 1 is 1.45 bits per heavy atom. The molecule has 1 N–H and O–H groups in total. The lowest BCUT2D eigenvalue weighted by Gasteiger charge is -2.04. The third kappa shape index (κ3) is 2.99. The second kappa shape index (κ2) is 6.05. The second-order valence-corrected chi connectivity index (χ2v) is 5.14. The molecule has 2 heterocycles. The van der Waals surface area contributed by atoms with Gasteiger partial charge in [0.1, 0.15) is 5.75 Å². The van der Waals surface area contributed by atoms with Gasteiger partial charge < -0.3 is 14.6 Å². The Kier molecular flexibility index (Phi) is 3.97. The predicted octanol–water partition coefficient (Wildman–Crippen LogP) is 2.29. The van der Waals surface area contributed by atoms with Gasteiger partial charge in [0.15, 0.2) is 0 Å². The summed E-state index contributed by atoms with van der Waals surface area (Å²) in [4.78, 5) is 4.46. The third-order valence-corrected chi connectivity index (χ3v) is 3.72. The van der Waals surface area contributed by atoms with E-state index in [0.717, 1.165) is 49.1 Å². The number of aryl methyl sites for hydroxylation is 1. The van der Waals surface area contributed by atoms with Crippen molar-refractivity contribution < 1.29 is 9.26 Å². The maximum atomic E-state index is 5.33. The molecule has 2 aromatic rings. The quantitative estimate of drug-likeness (QED) is 0.905. The van der Waals surface area contributed by atoms with Gasteiger partial charge in [-0.05, 0) is 44.0 Å². The molecule has 1 aliphatic rings. The van der Waals surface area contributed by atoms with Crippen molar-refractivity contribution in [3.05, 3.63) is 30.2 Å². The van der Waals surface area contributed by atoms with E-state index >= 15 is 0 Å². The summed E-state index contributed by atoms with van der Waals surface area (Å²) in [5, 5.41) is 7.42. The number of aromatic nitrogens is 2. The summed E-state index contributed by atoms with van der Waals surface area (Å²) in [7, 11) is 1.65. The summed E-state index contributed by atoms with van der Waals surface area (Å²) >= 11 is 0. The number of hydrogen-bond donors (Lipinski definition) is 1. The van der Waals surface area contributed by atoms with E-state index in [1.807, 2.05) is 24.3 Å². The molecule has 0 aliphatic carbocycles. The summed E-state index contributed by atoms with van der Waals surface area (Å²) in [6.45, 7) is 2.24. The maximum absolute atomic E-state index is 5.33. The molecule has 3 rings (SSSR count). The van der Waals surface area contributed by atoms with Crippen LogP contribution in [-0.2, 0) is 6.42 Å². The first-order valence-corrected chi connectivity index (χ1v) is 7.03. The van der Waals surface area contributed by atoms with E-state index in [-0.39, 0.29) is 0 Å². The number of rotatable bonds is 5. The Hall–Kier alpha value is -1.88. The third-order valence-electron chi connectivity index (χ3n) is 3.72. The normalized spacial score (nSPS) is 18.4. The van der Waals surface area contributed by atoms with Crippen molar-refractivity contribution in [2.75, 3.05) is 20.2 Å². The van der Waals surface area contributed by atoms with Crippen LogP contribution in [0.5, 0.6) is 5.75 Å². The van der Waals surface area contributed by atoms with Crippen LogP contribution in [0.4, 0.5) is 0 Å². The lowest BCUT2D eigenvalue weighted by Crippen LogP contribution is -2.09. The summed E-state index contributed by atoms with van der Waals surface area (Å²) < 4.78 is 10.5. The first kappa shape index (κ1) is 13.1. The minimum absolute atomic E-state index is 0.628. The van der Waals surface area contributed by atoms with Crippen molar-refractivity contribution in [2.24, 2.45) is 5.92 Å². The Balaban J connectivity index is 1.66. The van der Waals surface area contributed by atoms with Crippen molar-refractivity contribution in [1.29, 1.82) is 0 Å². The molecular weight excluding hydrogens is 254 g/mol. The van der Waals surface area contributed by atoms with Gasteiger partial charge in [-0.3, -0.25) is 0 Å². The van der Waals surface area contributed by atoms with Crippen LogP contribution in [0.15, 0.2) is 28.8 Å². The van der Waals surface area contributed by atoms with Crippen molar-refractivity contribution in [2.45, 2.75) is 19.3 Å². The van der Waals surface area contributed by atoms with Crippen LogP contribution in [-0.4, -0.2) is 30.3 Å². The molecule has 1 unspecified atom stereocenters. The molecule has 1 aromatic carbocycles. The number of methoxy groups -OCH3 is 1. The Labute approximate surface area is 118 Å². The fourth-order valence-corrected chi connectivity index (χ4v) is 2.52. The monoisotopic (exact) mass is 273 g/mol. The number of nitrogens with zero attached hydrogens (tertiary/aromatic N) is 2. The molecule has 20 heavy (non-hydrogen) atoms. The molecule has 1 atom stereocenters. The first-order chi connectivity index (χ1) is 9.85. The first-order valence-electron chi connectivity index (χ1n) is 7.03. The van der Waals surface area contributed by atoms with Crippen LogP contribution < -0.4 is 10.1 Å². The minimum Gasteiger partial charge on any atom is -0.497 e.